The molecule has 1 amide bonds. The minimum absolute atomic E-state index is 0.0410. The number of esters is 1. The fourth-order valence-corrected chi connectivity index (χ4v) is 2.31. The normalized spacial score (nSPS) is 22.2. The lowest BCUT2D eigenvalue weighted by molar-refractivity contribution is -0.144. The molecular formula is C13H23NO3. The molecule has 1 atom stereocenters. The van der Waals surface area contributed by atoms with Crippen LogP contribution in [0.4, 0.5) is 0 Å². The van der Waals surface area contributed by atoms with E-state index in [-0.39, 0.29) is 30.8 Å². The molecule has 1 aliphatic rings. The number of carbonyl (C=O) groups is 2. The van der Waals surface area contributed by atoms with Crippen LogP contribution in [-0.2, 0) is 14.3 Å². The van der Waals surface area contributed by atoms with Gasteiger partial charge in [-0.2, -0.15) is 0 Å². The van der Waals surface area contributed by atoms with Crippen molar-refractivity contribution in [3.63, 3.8) is 0 Å². The molecule has 1 rings (SSSR count). The van der Waals surface area contributed by atoms with Crippen molar-refractivity contribution in [3.05, 3.63) is 0 Å². The third-order valence-corrected chi connectivity index (χ3v) is 3.20. The Balaban J connectivity index is 2.20. The van der Waals surface area contributed by atoms with E-state index in [1.807, 2.05) is 0 Å². The van der Waals surface area contributed by atoms with E-state index in [0.717, 1.165) is 19.3 Å². The van der Waals surface area contributed by atoms with Gasteiger partial charge in [0.1, 0.15) is 0 Å². The highest BCUT2D eigenvalue weighted by Crippen LogP contribution is 2.36. The zero-order valence-electron chi connectivity index (χ0n) is 11.0. The molecule has 17 heavy (non-hydrogen) atoms. The summed E-state index contributed by atoms with van der Waals surface area (Å²) in [5.74, 6) is -0.338. The molecule has 98 valence electrons. The van der Waals surface area contributed by atoms with Crippen molar-refractivity contribution in [2.24, 2.45) is 5.41 Å². The third-order valence-electron chi connectivity index (χ3n) is 3.20. The fourth-order valence-electron chi connectivity index (χ4n) is 2.31. The zero-order chi connectivity index (χ0) is 12.9. The van der Waals surface area contributed by atoms with Gasteiger partial charge in [-0.15, -0.1) is 0 Å². The van der Waals surface area contributed by atoms with Crippen molar-refractivity contribution in [2.75, 3.05) is 6.61 Å². The molecule has 0 bridgehead atoms. The molecule has 4 heteroatoms. The summed E-state index contributed by atoms with van der Waals surface area (Å²) < 4.78 is 4.78. The monoisotopic (exact) mass is 241 g/mol. The summed E-state index contributed by atoms with van der Waals surface area (Å²) in [6, 6.07) is 0.277. The van der Waals surface area contributed by atoms with Crippen LogP contribution >= 0.6 is 0 Å². The zero-order valence-corrected chi connectivity index (χ0v) is 11.0. The van der Waals surface area contributed by atoms with Gasteiger partial charge in [-0.05, 0) is 31.6 Å². The Morgan fingerprint density at radius 3 is 2.59 bits per heavy atom. The largest absolute Gasteiger partial charge is 0.466 e. The number of amides is 1. The van der Waals surface area contributed by atoms with Gasteiger partial charge in [-0.25, -0.2) is 0 Å². The Kier molecular flexibility index (Phi) is 4.97. The first-order valence-electron chi connectivity index (χ1n) is 6.38. The average molecular weight is 241 g/mol. The van der Waals surface area contributed by atoms with Crippen LogP contribution in [-0.4, -0.2) is 24.5 Å². The van der Waals surface area contributed by atoms with E-state index < -0.39 is 0 Å². The second-order valence-corrected chi connectivity index (χ2v) is 5.48. The van der Waals surface area contributed by atoms with Gasteiger partial charge < -0.3 is 10.1 Å². The predicted octanol–water partition coefficient (Wildman–Crippen LogP) is 2.02. The van der Waals surface area contributed by atoms with Crippen molar-refractivity contribution in [3.8, 4) is 0 Å². The smallest absolute Gasteiger partial charge is 0.306 e. The molecule has 0 heterocycles. The quantitative estimate of drug-likeness (QED) is 0.749. The van der Waals surface area contributed by atoms with Crippen LogP contribution in [0, 0.1) is 5.41 Å². The van der Waals surface area contributed by atoms with Crippen LogP contribution < -0.4 is 5.32 Å². The Morgan fingerprint density at radius 2 is 2.06 bits per heavy atom. The van der Waals surface area contributed by atoms with E-state index in [9.17, 15) is 9.59 Å². The van der Waals surface area contributed by atoms with Crippen LogP contribution in [0.3, 0.4) is 0 Å². The van der Waals surface area contributed by atoms with Gasteiger partial charge >= 0.3 is 5.97 Å². The minimum atomic E-state index is -0.297. The number of ether oxygens (including phenoxy) is 1. The second-order valence-electron chi connectivity index (χ2n) is 5.48. The number of carbonyl (C=O) groups excluding carboxylic acids is 2. The van der Waals surface area contributed by atoms with E-state index in [2.05, 4.69) is 19.2 Å². The molecular weight excluding hydrogens is 218 g/mol. The van der Waals surface area contributed by atoms with Crippen LogP contribution in [0.15, 0.2) is 0 Å². The van der Waals surface area contributed by atoms with Gasteiger partial charge in [0.05, 0.1) is 13.0 Å². The van der Waals surface area contributed by atoms with Crippen molar-refractivity contribution in [1.82, 2.24) is 5.32 Å². The third kappa shape index (κ3) is 5.20. The maximum absolute atomic E-state index is 11.6. The molecule has 1 N–H and O–H groups in total. The first-order chi connectivity index (χ1) is 7.93. The summed E-state index contributed by atoms with van der Waals surface area (Å²) in [5, 5.41) is 2.99. The molecule has 0 aromatic carbocycles. The molecule has 1 unspecified atom stereocenters. The summed E-state index contributed by atoms with van der Waals surface area (Å²) >= 11 is 0. The van der Waals surface area contributed by atoms with E-state index in [1.165, 1.54) is 0 Å². The van der Waals surface area contributed by atoms with Gasteiger partial charge in [-0.3, -0.25) is 9.59 Å². The van der Waals surface area contributed by atoms with Crippen molar-refractivity contribution in [2.45, 2.75) is 58.9 Å². The predicted molar refractivity (Wildman–Crippen MR) is 65.4 cm³/mol. The first-order valence-corrected chi connectivity index (χ1v) is 6.38. The van der Waals surface area contributed by atoms with Crippen LogP contribution in [0.2, 0.25) is 0 Å². The Labute approximate surface area is 103 Å². The molecule has 1 fully saturated rings. The summed E-state index contributed by atoms with van der Waals surface area (Å²) in [4.78, 5) is 22.7. The number of hydrogen-bond donors (Lipinski definition) is 1. The lowest BCUT2D eigenvalue weighted by Crippen LogP contribution is -2.33. The summed E-state index contributed by atoms with van der Waals surface area (Å²) in [6.45, 7) is 6.57. The van der Waals surface area contributed by atoms with E-state index in [1.54, 1.807) is 6.92 Å². The first kappa shape index (κ1) is 14.0. The summed E-state index contributed by atoms with van der Waals surface area (Å²) in [6.07, 6.45) is 3.62. The Bertz CT molecular complexity index is 286. The number of rotatable bonds is 5. The molecule has 0 aliphatic heterocycles. The van der Waals surface area contributed by atoms with Gasteiger partial charge in [-0.1, -0.05) is 13.8 Å². The molecule has 1 saturated carbocycles. The van der Waals surface area contributed by atoms with Crippen molar-refractivity contribution >= 4 is 11.9 Å². The highest BCUT2D eigenvalue weighted by molar-refractivity contribution is 5.81. The fraction of sp³-hybridized carbons (Fsp3) is 0.846. The van der Waals surface area contributed by atoms with Gasteiger partial charge in [0.25, 0.3) is 0 Å². The SMILES string of the molecule is CCOC(=O)CCC(=O)NC1CCC(C)(C)C1. The van der Waals surface area contributed by atoms with Gasteiger partial charge in [0.15, 0.2) is 0 Å². The average Bonchev–Trinajstić information content (AvgIpc) is 2.55. The second kappa shape index (κ2) is 6.03. The molecule has 0 aromatic rings. The number of nitrogens with one attached hydrogen (secondary N) is 1. The molecule has 4 nitrogen and oxygen atoms in total. The highest BCUT2D eigenvalue weighted by atomic mass is 16.5. The van der Waals surface area contributed by atoms with Crippen LogP contribution in [0.5, 0.6) is 0 Å². The highest BCUT2D eigenvalue weighted by Gasteiger charge is 2.31. The molecule has 0 saturated heterocycles. The minimum Gasteiger partial charge on any atom is -0.466 e. The maximum Gasteiger partial charge on any atom is 0.306 e. The molecule has 0 radical (unpaired) electrons. The molecule has 0 aromatic heterocycles. The van der Waals surface area contributed by atoms with Crippen LogP contribution in [0.25, 0.3) is 0 Å². The lowest BCUT2D eigenvalue weighted by atomic mass is 9.92. The van der Waals surface area contributed by atoms with E-state index in [4.69, 9.17) is 4.74 Å². The Morgan fingerprint density at radius 1 is 1.35 bits per heavy atom. The van der Waals surface area contributed by atoms with E-state index in [0.29, 0.717) is 12.0 Å². The van der Waals surface area contributed by atoms with Gasteiger partial charge in [0, 0.05) is 12.5 Å². The van der Waals surface area contributed by atoms with E-state index >= 15 is 0 Å². The van der Waals surface area contributed by atoms with Crippen molar-refractivity contribution in [1.29, 1.82) is 0 Å². The standard InChI is InChI=1S/C13H23NO3/c1-4-17-12(16)6-5-11(15)14-10-7-8-13(2,3)9-10/h10H,4-9H2,1-3H3,(H,14,15). The lowest BCUT2D eigenvalue weighted by Gasteiger charge is -2.17. The summed E-state index contributed by atoms with van der Waals surface area (Å²) in [5.41, 5.74) is 0.332. The van der Waals surface area contributed by atoms with Gasteiger partial charge in [0.2, 0.25) is 5.91 Å². The summed E-state index contributed by atoms with van der Waals surface area (Å²) in [7, 11) is 0. The number of hydrogen-bond acceptors (Lipinski definition) is 3. The van der Waals surface area contributed by atoms with Crippen LogP contribution in [0.1, 0.15) is 52.9 Å². The van der Waals surface area contributed by atoms with Crippen molar-refractivity contribution < 1.29 is 14.3 Å². The topological polar surface area (TPSA) is 55.4 Å². The Hall–Kier alpha value is -1.06. The molecule has 1 aliphatic carbocycles. The maximum atomic E-state index is 11.6. The molecule has 0 spiro atoms.